The first kappa shape index (κ1) is 24.0. The van der Waals surface area contributed by atoms with Crippen molar-refractivity contribution in [1.29, 1.82) is 5.26 Å². The zero-order chi connectivity index (χ0) is 24.8. The van der Waals surface area contributed by atoms with Crippen molar-refractivity contribution in [3.05, 3.63) is 113 Å². The molecule has 1 N–H and O–H groups in total. The highest BCUT2D eigenvalue weighted by molar-refractivity contribution is 5.76. The Morgan fingerprint density at radius 1 is 1.00 bits per heavy atom. The standard InChI is InChI=1S/C30H28FN3O/c1-21-7-14-27(22(2)19-21)29-15-12-26(34(29)25-10-8-23(9-11-25)17-18-32)13-16-30(35)33-20-24-5-3-4-6-28(24)31/h3-12,14-15,19H,13,16-17,20H2,1-2H3,(H,33,35). The summed E-state index contributed by atoms with van der Waals surface area (Å²) in [6.07, 6.45) is 1.19. The van der Waals surface area contributed by atoms with Crippen molar-refractivity contribution >= 4 is 5.91 Å². The third-order valence-corrected chi connectivity index (χ3v) is 6.14. The summed E-state index contributed by atoms with van der Waals surface area (Å²) >= 11 is 0. The first-order valence-corrected chi connectivity index (χ1v) is 11.7. The molecule has 1 amide bonds. The highest BCUT2D eigenvalue weighted by atomic mass is 19.1. The van der Waals surface area contributed by atoms with Gasteiger partial charge in [0.05, 0.1) is 18.2 Å². The molecule has 1 heterocycles. The minimum Gasteiger partial charge on any atom is -0.352 e. The summed E-state index contributed by atoms with van der Waals surface area (Å²) < 4.78 is 16.0. The van der Waals surface area contributed by atoms with E-state index in [-0.39, 0.29) is 24.7 Å². The van der Waals surface area contributed by atoms with Gasteiger partial charge < -0.3 is 9.88 Å². The zero-order valence-electron chi connectivity index (χ0n) is 20.0. The molecule has 0 fully saturated rings. The molecule has 0 saturated carbocycles. The van der Waals surface area contributed by atoms with Gasteiger partial charge in [0, 0.05) is 35.5 Å². The molecule has 5 heteroatoms. The van der Waals surface area contributed by atoms with Crippen LogP contribution in [0, 0.1) is 31.0 Å². The van der Waals surface area contributed by atoms with Crippen LogP contribution < -0.4 is 5.32 Å². The van der Waals surface area contributed by atoms with E-state index in [1.807, 2.05) is 24.3 Å². The fourth-order valence-corrected chi connectivity index (χ4v) is 4.31. The van der Waals surface area contributed by atoms with E-state index < -0.39 is 0 Å². The molecule has 0 aliphatic carbocycles. The molecule has 0 aliphatic heterocycles. The van der Waals surface area contributed by atoms with Crippen LogP contribution in [0.15, 0.2) is 78.9 Å². The molecular weight excluding hydrogens is 437 g/mol. The van der Waals surface area contributed by atoms with Crippen LogP contribution in [-0.2, 0) is 24.2 Å². The van der Waals surface area contributed by atoms with Gasteiger partial charge in [-0.3, -0.25) is 4.79 Å². The number of amides is 1. The van der Waals surface area contributed by atoms with Gasteiger partial charge in [-0.15, -0.1) is 0 Å². The van der Waals surface area contributed by atoms with Crippen molar-refractivity contribution in [2.75, 3.05) is 0 Å². The Bertz CT molecular complexity index is 1380. The summed E-state index contributed by atoms with van der Waals surface area (Å²) in [6.45, 7) is 4.35. The molecule has 0 radical (unpaired) electrons. The minimum absolute atomic E-state index is 0.126. The maximum Gasteiger partial charge on any atom is 0.220 e. The van der Waals surface area contributed by atoms with E-state index in [2.05, 4.69) is 60.1 Å². The number of benzene rings is 3. The molecule has 0 atom stereocenters. The molecule has 0 spiro atoms. The molecule has 0 aliphatic rings. The molecule has 4 rings (SSSR count). The molecule has 0 bridgehead atoms. The maximum atomic E-state index is 13.9. The number of carbonyl (C=O) groups is 1. The highest BCUT2D eigenvalue weighted by Gasteiger charge is 2.15. The molecule has 176 valence electrons. The van der Waals surface area contributed by atoms with Crippen molar-refractivity contribution in [2.24, 2.45) is 0 Å². The van der Waals surface area contributed by atoms with Crippen LogP contribution >= 0.6 is 0 Å². The third kappa shape index (κ3) is 5.67. The maximum absolute atomic E-state index is 13.9. The number of aryl methyl sites for hydroxylation is 3. The third-order valence-electron chi connectivity index (χ3n) is 6.14. The average molecular weight is 466 g/mol. The number of nitrogens with one attached hydrogen (secondary N) is 1. The van der Waals surface area contributed by atoms with Gasteiger partial charge in [0.25, 0.3) is 0 Å². The van der Waals surface area contributed by atoms with Gasteiger partial charge in [0.2, 0.25) is 5.91 Å². The summed E-state index contributed by atoms with van der Waals surface area (Å²) in [5, 5.41) is 11.8. The lowest BCUT2D eigenvalue weighted by atomic mass is 10.0. The van der Waals surface area contributed by atoms with Gasteiger partial charge in [-0.1, -0.05) is 54.1 Å². The summed E-state index contributed by atoms with van der Waals surface area (Å²) in [6, 6.07) is 27.2. The highest BCUT2D eigenvalue weighted by Crippen LogP contribution is 2.30. The SMILES string of the molecule is Cc1ccc(-c2ccc(CCC(=O)NCc3ccccc3F)n2-c2ccc(CC#N)cc2)c(C)c1. The fraction of sp³-hybridized carbons (Fsp3) is 0.200. The van der Waals surface area contributed by atoms with E-state index in [0.717, 1.165) is 28.2 Å². The molecule has 4 aromatic rings. The molecule has 4 nitrogen and oxygen atoms in total. The van der Waals surface area contributed by atoms with Crippen LogP contribution in [0.2, 0.25) is 0 Å². The van der Waals surface area contributed by atoms with Crippen LogP contribution in [0.5, 0.6) is 0 Å². The van der Waals surface area contributed by atoms with Gasteiger partial charge in [-0.05, 0) is 61.7 Å². The van der Waals surface area contributed by atoms with Crippen molar-refractivity contribution < 1.29 is 9.18 Å². The van der Waals surface area contributed by atoms with Crippen LogP contribution in [-0.4, -0.2) is 10.5 Å². The number of aromatic nitrogens is 1. The van der Waals surface area contributed by atoms with Crippen molar-refractivity contribution in [2.45, 2.75) is 39.7 Å². The number of nitriles is 1. The van der Waals surface area contributed by atoms with E-state index in [1.54, 1.807) is 18.2 Å². The van der Waals surface area contributed by atoms with Gasteiger partial charge in [-0.25, -0.2) is 4.39 Å². The minimum atomic E-state index is -0.320. The van der Waals surface area contributed by atoms with Crippen LogP contribution in [0.3, 0.4) is 0 Å². The summed E-state index contributed by atoms with van der Waals surface area (Å²) in [4.78, 5) is 12.6. The normalized spacial score (nSPS) is 10.7. The van der Waals surface area contributed by atoms with Crippen molar-refractivity contribution in [1.82, 2.24) is 9.88 Å². The lowest BCUT2D eigenvalue weighted by molar-refractivity contribution is -0.121. The van der Waals surface area contributed by atoms with Gasteiger partial charge >= 0.3 is 0 Å². The number of hydrogen-bond acceptors (Lipinski definition) is 2. The van der Waals surface area contributed by atoms with Gasteiger partial charge in [0.15, 0.2) is 0 Å². The second kappa shape index (κ2) is 10.8. The number of carbonyl (C=O) groups excluding carboxylic acids is 1. The van der Waals surface area contributed by atoms with Crippen LogP contribution in [0.1, 0.15) is 34.4 Å². The summed E-state index contributed by atoms with van der Waals surface area (Å²) in [5.41, 5.74) is 7.99. The lowest BCUT2D eigenvalue weighted by Crippen LogP contribution is -2.23. The van der Waals surface area contributed by atoms with E-state index in [4.69, 9.17) is 5.26 Å². The molecule has 35 heavy (non-hydrogen) atoms. The number of nitrogens with zero attached hydrogens (tertiary/aromatic N) is 2. The number of hydrogen-bond donors (Lipinski definition) is 1. The first-order chi connectivity index (χ1) is 17.0. The Morgan fingerprint density at radius 3 is 2.49 bits per heavy atom. The predicted molar refractivity (Wildman–Crippen MR) is 137 cm³/mol. The van der Waals surface area contributed by atoms with E-state index in [1.165, 1.54) is 17.2 Å². The smallest absolute Gasteiger partial charge is 0.220 e. The van der Waals surface area contributed by atoms with Crippen molar-refractivity contribution in [3.8, 4) is 23.0 Å². The molecule has 0 unspecified atom stereocenters. The Kier molecular flexibility index (Phi) is 7.42. The average Bonchev–Trinajstić information content (AvgIpc) is 3.26. The Balaban J connectivity index is 1.59. The van der Waals surface area contributed by atoms with Crippen molar-refractivity contribution in [3.63, 3.8) is 0 Å². The zero-order valence-corrected chi connectivity index (χ0v) is 20.0. The molecule has 1 aromatic heterocycles. The molecule has 0 saturated heterocycles. The number of halogens is 1. The second-order valence-corrected chi connectivity index (χ2v) is 8.73. The molecule has 3 aromatic carbocycles. The quantitative estimate of drug-likeness (QED) is 0.336. The monoisotopic (exact) mass is 465 g/mol. The summed E-state index contributed by atoms with van der Waals surface area (Å²) in [5.74, 6) is -0.446. The Morgan fingerprint density at radius 2 is 1.77 bits per heavy atom. The van der Waals surface area contributed by atoms with Crippen LogP contribution in [0.25, 0.3) is 16.9 Å². The second-order valence-electron chi connectivity index (χ2n) is 8.73. The number of rotatable bonds is 8. The van der Waals surface area contributed by atoms with Crippen LogP contribution in [0.4, 0.5) is 4.39 Å². The topological polar surface area (TPSA) is 57.8 Å². The van der Waals surface area contributed by atoms with Gasteiger partial charge in [0.1, 0.15) is 5.82 Å². The lowest BCUT2D eigenvalue weighted by Gasteiger charge is -2.16. The first-order valence-electron chi connectivity index (χ1n) is 11.7. The predicted octanol–water partition coefficient (Wildman–Crippen LogP) is 6.22. The Hall–Kier alpha value is -4.17. The Labute approximate surface area is 205 Å². The summed E-state index contributed by atoms with van der Waals surface area (Å²) in [7, 11) is 0. The van der Waals surface area contributed by atoms with E-state index in [9.17, 15) is 9.18 Å². The fourth-order valence-electron chi connectivity index (χ4n) is 4.31. The van der Waals surface area contributed by atoms with Gasteiger partial charge in [-0.2, -0.15) is 5.26 Å². The van der Waals surface area contributed by atoms with E-state index in [0.29, 0.717) is 18.4 Å². The molecular formula is C30H28FN3O. The van der Waals surface area contributed by atoms with E-state index >= 15 is 0 Å². The largest absolute Gasteiger partial charge is 0.352 e.